The number of ketones is 1. The van der Waals surface area contributed by atoms with Gasteiger partial charge in [-0.25, -0.2) is 0 Å². The molecular formula is C17H22F3NO3. The van der Waals surface area contributed by atoms with Crippen molar-refractivity contribution in [3.8, 4) is 0 Å². The highest BCUT2D eigenvalue weighted by atomic mass is 19.4. The molecule has 0 spiro atoms. The Kier molecular flexibility index (Phi) is 6.54. The maximum Gasteiger partial charge on any atom is 0.405 e. The predicted octanol–water partition coefficient (Wildman–Crippen LogP) is 3.43. The first-order valence-electron chi connectivity index (χ1n) is 7.61. The zero-order valence-electron chi connectivity index (χ0n) is 14.1. The van der Waals surface area contributed by atoms with Gasteiger partial charge in [0.1, 0.15) is 17.2 Å². The molecule has 0 heterocycles. The molecule has 7 heteroatoms. The van der Waals surface area contributed by atoms with Gasteiger partial charge in [-0.3, -0.25) is 14.9 Å². The van der Waals surface area contributed by atoms with Gasteiger partial charge in [0, 0.05) is 6.04 Å². The van der Waals surface area contributed by atoms with E-state index in [2.05, 4.69) is 5.32 Å². The molecule has 0 aliphatic rings. The van der Waals surface area contributed by atoms with Crippen LogP contribution >= 0.6 is 0 Å². The summed E-state index contributed by atoms with van der Waals surface area (Å²) in [6, 6.07) is 5.40. The molecule has 0 aliphatic carbocycles. The molecule has 0 bridgehead atoms. The summed E-state index contributed by atoms with van der Waals surface area (Å²) in [6.45, 7) is 4.84. The van der Waals surface area contributed by atoms with E-state index in [1.165, 1.54) is 6.92 Å². The number of nitrogens with one attached hydrogen (secondary N) is 1. The lowest BCUT2D eigenvalue weighted by Gasteiger charge is -2.37. The fourth-order valence-corrected chi connectivity index (χ4v) is 2.42. The van der Waals surface area contributed by atoms with Crippen molar-refractivity contribution in [3.05, 3.63) is 35.9 Å². The zero-order valence-corrected chi connectivity index (χ0v) is 14.1. The van der Waals surface area contributed by atoms with Crippen LogP contribution in [0.1, 0.15) is 39.3 Å². The Morgan fingerprint density at radius 1 is 1.21 bits per heavy atom. The first-order valence-corrected chi connectivity index (χ1v) is 7.61. The number of rotatable bonds is 7. The molecule has 4 nitrogen and oxygen atoms in total. The number of hydrogen-bond donors (Lipinski definition) is 1. The smallest absolute Gasteiger partial charge is 0.405 e. The normalized spacial score (nSPS) is 16.8. The molecule has 1 N–H and O–H groups in total. The van der Waals surface area contributed by atoms with Crippen LogP contribution < -0.4 is 5.32 Å². The minimum atomic E-state index is -4.81. The lowest BCUT2D eigenvalue weighted by molar-refractivity contribution is -0.199. The van der Waals surface area contributed by atoms with Gasteiger partial charge in [0.25, 0.3) is 0 Å². The number of alkyl halides is 3. The lowest BCUT2D eigenvalue weighted by Crippen LogP contribution is -2.60. The van der Waals surface area contributed by atoms with Crippen molar-refractivity contribution in [2.45, 2.75) is 46.0 Å². The van der Waals surface area contributed by atoms with E-state index < -0.39 is 35.4 Å². The molecule has 0 fully saturated rings. The molecule has 0 saturated carbocycles. The van der Waals surface area contributed by atoms with Crippen LogP contribution in [0.4, 0.5) is 13.2 Å². The highest BCUT2D eigenvalue weighted by molar-refractivity contribution is 6.03. The van der Waals surface area contributed by atoms with E-state index in [1.807, 2.05) is 0 Å². The summed E-state index contributed by atoms with van der Waals surface area (Å²) in [7, 11) is 0. The third kappa shape index (κ3) is 4.35. The Morgan fingerprint density at radius 3 is 2.17 bits per heavy atom. The monoisotopic (exact) mass is 345 g/mol. The minimum absolute atomic E-state index is 0.111. The number of benzene rings is 1. The van der Waals surface area contributed by atoms with Crippen LogP contribution in [-0.2, 0) is 14.3 Å². The molecule has 0 amide bonds. The number of carbonyl (C=O) groups is 2. The van der Waals surface area contributed by atoms with Crippen molar-refractivity contribution in [3.63, 3.8) is 0 Å². The standard InChI is InChI=1S/C17H22F3NO3/c1-5-24-15(23)16(4,12(3)22)14(17(18,19)20)21-11(2)13-9-7-6-8-10-13/h6-11,14,21H,5H2,1-4H3/t11-,14?,16?/m1/s1. The quantitative estimate of drug-likeness (QED) is 0.608. The molecule has 0 aromatic heterocycles. The number of Topliss-reactive ketones (excluding diaryl/α,β-unsaturated/α-hetero) is 1. The van der Waals surface area contributed by atoms with E-state index in [0.717, 1.165) is 13.8 Å². The fourth-order valence-electron chi connectivity index (χ4n) is 2.42. The lowest BCUT2D eigenvalue weighted by atomic mass is 9.77. The summed E-state index contributed by atoms with van der Waals surface area (Å²) < 4.78 is 45.6. The number of halogens is 3. The number of ether oxygens (including phenoxy) is 1. The average molecular weight is 345 g/mol. The molecule has 0 radical (unpaired) electrons. The summed E-state index contributed by atoms with van der Waals surface area (Å²) in [6.07, 6.45) is -4.81. The van der Waals surface area contributed by atoms with Crippen LogP contribution in [0.3, 0.4) is 0 Å². The van der Waals surface area contributed by atoms with Crippen LogP contribution in [-0.4, -0.2) is 30.6 Å². The molecule has 1 aromatic carbocycles. The molecule has 24 heavy (non-hydrogen) atoms. The third-order valence-electron chi connectivity index (χ3n) is 4.05. The van der Waals surface area contributed by atoms with Gasteiger partial charge in [-0.1, -0.05) is 30.3 Å². The van der Waals surface area contributed by atoms with Gasteiger partial charge >= 0.3 is 12.1 Å². The van der Waals surface area contributed by atoms with Crippen molar-refractivity contribution in [2.75, 3.05) is 6.61 Å². The van der Waals surface area contributed by atoms with Crippen molar-refractivity contribution in [1.82, 2.24) is 5.32 Å². The Hall–Kier alpha value is -1.89. The Bertz CT molecular complexity index is 574. The van der Waals surface area contributed by atoms with Crippen LogP contribution in [0, 0.1) is 5.41 Å². The Labute approximate surface area is 139 Å². The number of carbonyl (C=O) groups excluding carboxylic acids is 2. The van der Waals surface area contributed by atoms with Gasteiger partial charge in [0.05, 0.1) is 6.61 Å². The fraction of sp³-hybridized carbons (Fsp3) is 0.529. The molecule has 1 rings (SSSR count). The summed E-state index contributed by atoms with van der Waals surface area (Å²) in [5.74, 6) is -2.09. The van der Waals surface area contributed by atoms with Crippen molar-refractivity contribution >= 4 is 11.8 Å². The topological polar surface area (TPSA) is 55.4 Å². The largest absolute Gasteiger partial charge is 0.465 e. The van der Waals surface area contributed by atoms with E-state index in [1.54, 1.807) is 37.3 Å². The Balaban J connectivity index is 3.24. The molecule has 134 valence electrons. The maximum atomic E-state index is 13.6. The number of esters is 1. The molecule has 1 aromatic rings. The second kappa shape index (κ2) is 7.79. The molecule has 2 unspecified atom stereocenters. The molecule has 0 saturated heterocycles. The van der Waals surface area contributed by atoms with E-state index in [0.29, 0.717) is 5.56 Å². The first kappa shape index (κ1) is 20.2. The van der Waals surface area contributed by atoms with E-state index >= 15 is 0 Å². The van der Waals surface area contributed by atoms with Crippen molar-refractivity contribution in [1.29, 1.82) is 0 Å². The van der Waals surface area contributed by atoms with Crippen LogP contribution in [0.2, 0.25) is 0 Å². The SMILES string of the molecule is CCOC(=O)C(C)(C(C)=O)C(N[C@H](C)c1ccccc1)C(F)(F)F. The highest BCUT2D eigenvalue weighted by Crippen LogP contribution is 2.37. The van der Waals surface area contributed by atoms with Crippen molar-refractivity contribution in [2.24, 2.45) is 5.41 Å². The van der Waals surface area contributed by atoms with E-state index in [4.69, 9.17) is 4.74 Å². The van der Waals surface area contributed by atoms with Crippen LogP contribution in [0.5, 0.6) is 0 Å². The molecule has 3 atom stereocenters. The first-order chi connectivity index (χ1) is 11.0. The van der Waals surface area contributed by atoms with Crippen LogP contribution in [0.25, 0.3) is 0 Å². The van der Waals surface area contributed by atoms with E-state index in [-0.39, 0.29) is 6.61 Å². The average Bonchev–Trinajstić information content (AvgIpc) is 2.51. The van der Waals surface area contributed by atoms with Crippen LogP contribution in [0.15, 0.2) is 30.3 Å². The second-order valence-corrected chi connectivity index (χ2v) is 5.75. The molecule has 0 aliphatic heterocycles. The van der Waals surface area contributed by atoms with Gasteiger partial charge in [0.15, 0.2) is 0 Å². The maximum absolute atomic E-state index is 13.6. The van der Waals surface area contributed by atoms with Gasteiger partial charge in [-0.05, 0) is 33.3 Å². The summed E-state index contributed by atoms with van der Waals surface area (Å²) in [5, 5.41) is 2.39. The summed E-state index contributed by atoms with van der Waals surface area (Å²) in [5.41, 5.74) is -1.75. The van der Waals surface area contributed by atoms with Crippen molar-refractivity contribution < 1.29 is 27.5 Å². The summed E-state index contributed by atoms with van der Waals surface area (Å²) in [4.78, 5) is 24.1. The van der Waals surface area contributed by atoms with E-state index in [9.17, 15) is 22.8 Å². The van der Waals surface area contributed by atoms with Gasteiger partial charge in [-0.15, -0.1) is 0 Å². The third-order valence-corrected chi connectivity index (χ3v) is 4.05. The van der Waals surface area contributed by atoms with Gasteiger partial charge < -0.3 is 4.74 Å². The Morgan fingerprint density at radius 2 is 1.75 bits per heavy atom. The predicted molar refractivity (Wildman–Crippen MR) is 83.3 cm³/mol. The molecular weight excluding hydrogens is 323 g/mol. The highest BCUT2D eigenvalue weighted by Gasteiger charge is 2.59. The van der Waals surface area contributed by atoms with Gasteiger partial charge in [-0.2, -0.15) is 13.2 Å². The minimum Gasteiger partial charge on any atom is -0.465 e. The second-order valence-electron chi connectivity index (χ2n) is 5.75. The number of hydrogen-bond acceptors (Lipinski definition) is 4. The summed E-state index contributed by atoms with van der Waals surface area (Å²) >= 11 is 0. The van der Waals surface area contributed by atoms with Gasteiger partial charge in [0.2, 0.25) is 0 Å². The zero-order chi connectivity index (χ0) is 18.5.